The minimum atomic E-state index is -0.799. The SMILES string of the molecule is NC(=NO)C1(C(=O)NN2CCCCC2)CCCC1. The van der Waals surface area contributed by atoms with E-state index in [0.717, 1.165) is 38.8 Å². The summed E-state index contributed by atoms with van der Waals surface area (Å²) in [7, 11) is 0. The number of hydrogen-bond donors (Lipinski definition) is 3. The maximum atomic E-state index is 12.4. The smallest absolute Gasteiger partial charge is 0.248 e. The van der Waals surface area contributed by atoms with E-state index in [1.807, 2.05) is 5.01 Å². The molecule has 1 saturated heterocycles. The Balaban J connectivity index is 2.04. The van der Waals surface area contributed by atoms with E-state index < -0.39 is 5.41 Å². The summed E-state index contributed by atoms with van der Waals surface area (Å²) in [6.07, 6.45) is 6.67. The second-order valence-corrected chi connectivity index (χ2v) is 5.26. The van der Waals surface area contributed by atoms with Gasteiger partial charge < -0.3 is 10.9 Å². The highest BCUT2D eigenvalue weighted by Gasteiger charge is 2.46. The zero-order valence-corrected chi connectivity index (χ0v) is 10.7. The van der Waals surface area contributed by atoms with Crippen molar-refractivity contribution >= 4 is 11.7 Å². The fourth-order valence-corrected chi connectivity index (χ4v) is 2.93. The average molecular weight is 254 g/mol. The molecule has 0 atom stereocenters. The summed E-state index contributed by atoms with van der Waals surface area (Å²) in [5.74, 6) is -0.0632. The highest BCUT2D eigenvalue weighted by Crippen LogP contribution is 2.38. The van der Waals surface area contributed by atoms with Gasteiger partial charge in [-0.25, -0.2) is 5.01 Å². The van der Waals surface area contributed by atoms with Gasteiger partial charge in [0.25, 0.3) is 0 Å². The summed E-state index contributed by atoms with van der Waals surface area (Å²) >= 11 is 0. The van der Waals surface area contributed by atoms with Crippen molar-refractivity contribution in [3.05, 3.63) is 0 Å². The third-order valence-corrected chi connectivity index (χ3v) is 4.11. The molecule has 2 aliphatic rings. The number of hydrazine groups is 1. The summed E-state index contributed by atoms with van der Waals surface area (Å²) in [6.45, 7) is 1.77. The molecule has 6 heteroatoms. The number of amides is 1. The molecule has 1 heterocycles. The number of oxime groups is 1. The third kappa shape index (κ3) is 2.43. The highest BCUT2D eigenvalue weighted by atomic mass is 16.4. The molecule has 1 amide bonds. The maximum Gasteiger partial charge on any atom is 0.248 e. The van der Waals surface area contributed by atoms with Crippen molar-refractivity contribution in [1.29, 1.82) is 0 Å². The van der Waals surface area contributed by atoms with Crippen LogP contribution in [0.15, 0.2) is 5.16 Å². The molecule has 1 aliphatic heterocycles. The third-order valence-electron chi connectivity index (χ3n) is 4.11. The lowest BCUT2D eigenvalue weighted by Crippen LogP contribution is -2.54. The van der Waals surface area contributed by atoms with E-state index in [9.17, 15) is 4.79 Å². The minimum Gasteiger partial charge on any atom is -0.409 e. The summed E-state index contributed by atoms with van der Waals surface area (Å²) in [5, 5.41) is 13.9. The summed E-state index contributed by atoms with van der Waals surface area (Å²) in [4.78, 5) is 12.4. The standard InChI is InChI=1S/C12H22N4O2/c13-10(15-18)12(6-2-3-7-12)11(17)14-16-8-4-1-5-9-16/h18H,1-9H2,(H2,13,15)(H,14,17). The number of amidine groups is 1. The fourth-order valence-electron chi connectivity index (χ4n) is 2.93. The summed E-state index contributed by atoms with van der Waals surface area (Å²) in [5.41, 5.74) is 7.88. The molecule has 0 bridgehead atoms. The van der Waals surface area contributed by atoms with Gasteiger partial charge in [-0.3, -0.25) is 10.2 Å². The van der Waals surface area contributed by atoms with Gasteiger partial charge in [-0.1, -0.05) is 24.4 Å². The maximum absolute atomic E-state index is 12.4. The lowest BCUT2D eigenvalue weighted by molar-refractivity contribution is -0.133. The number of hydrogen-bond acceptors (Lipinski definition) is 4. The van der Waals surface area contributed by atoms with Crippen LogP contribution in [0, 0.1) is 5.41 Å². The number of nitrogens with two attached hydrogens (primary N) is 1. The van der Waals surface area contributed by atoms with Crippen LogP contribution < -0.4 is 11.2 Å². The molecule has 0 radical (unpaired) electrons. The van der Waals surface area contributed by atoms with Gasteiger partial charge in [0.05, 0.1) is 0 Å². The Morgan fingerprint density at radius 3 is 2.33 bits per heavy atom. The number of nitrogens with zero attached hydrogens (tertiary/aromatic N) is 2. The summed E-state index contributed by atoms with van der Waals surface area (Å²) < 4.78 is 0. The molecule has 0 aromatic carbocycles. The zero-order valence-electron chi connectivity index (χ0n) is 10.7. The molecule has 102 valence electrons. The van der Waals surface area contributed by atoms with Crippen LogP contribution in [0.5, 0.6) is 0 Å². The molecule has 2 rings (SSSR count). The molecule has 0 spiro atoms. The number of carbonyl (C=O) groups is 1. The molecule has 2 fully saturated rings. The molecule has 1 saturated carbocycles. The van der Waals surface area contributed by atoms with E-state index in [-0.39, 0.29) is 11.7 Å². The highest BCUT2D eigenvalue weighted by molar-refractivity contribution is 6.06. The van der Waals surface area contributed by atoms with Crippen LogP contribution in [-0.4, -0.2) is 35.0 Å². The van der Waals surface area contributed by atoms with Gasteiger partial charge in [0.15, 0.2) is 5.84 Å². The number of rotatable bonds is 3. The van der Waals surface area contributed by atoms with Crippen molar-refractivity contribution in [2.45, 2.75) is 44.9 Å². The predicted octanol–water partition coefficient (Wildman–Crippen LogP) is 0.810. The molecule has 0 unspecified atom stereocenters. The first-order valence-electron chi connectivity index (χ1n) is 6.73. The van der Waals surface area contributed by atoms with Gasteiger partial charge in [0, 0.05) is 13.1 Å². The van der Waals surface area contributed by atoms with Crippen molar-refractivity contribution < 1.29 is 10.0 Å². The van der Waals surface area contributed by atoms with Crippen molar-refractivity contribution in [3.8, 4) is 0 Å². The second kappa shape index (κ2) is 5.56. The van der Waals surface area contributed by atoms with Crippen LogP contribution in [0.2, 0.25) is 0 Å². The normalized spacial score (nSPS) is 25.0. The van der Waals surface area contributed by atoms with Gasteiger partial charge >= 0.3 is 0 Å². The number of carbonyl (C=O) groups excluding carboxylic acids is 1. The topological polar surface area (TPSA) is 91.0 Å². The van der Waals surface area contributed by atoms with E-state index in [0.29, 0.717) is 12.8 Å². The lowest BCUT2D eigenvalue weighted by atomic mass is 9.84. The monoisotopic (exact) mass is 254 g/mol. The molecule has 18 heavy (non-hydrogen) atoms. The Labute approximate surface area is 107 Å². The van der Waals surface area contributed by atoms with Crippen LogP contribution in [0.3, 0.4) is 0 Å². The van der Waals surface area contributed by atoms with Crippen LogP contribution in [0.1, 0.15) is 44.9 Å². The van der Waals surface area contributed by atoms with Crippen molar-refractivity contribution in [3.63, 3.8) is 0 Å². The van der Waals surface area contributed by atoms with E-state index in [1.54, 1.807) is 0 Å². The van der Waals surface area contributed by atoms with Crippen LogP contribution in [0.4, 0.5) is 0 Å². The molecule has 4 N–H and O–H groups in total. The largest absolute Gasteiger partial charge is 0.409 e. The van der Waals surface area contributed by atoms with Gasteiger partial charge in [0.2, 0.25) is 5.91 Å². The quantitative estimate of drug-likeness (QED) is 0.301. The van der Waals surface area contributed by atoms with E-state index >= 15 is 0 Å². The first-order chi connectivity index (χ1) is 8.69. The van der Waals surface area contributed by atoms with Gasteiger partial charge in [-0.2, -0.15) is 0 Å². The molecule has 6 nitrogen and oxygen atoms in total. The van der Waals surface area contributed by atoms with Crippen molar-refractivity contribution in [2.24, 2.45) is 16.3 Å². The molecule has 0 aromatic rings. The predicted molar refractivity (Wildman–Crippen MR) is 67.9 cm³/mol. The lowest BCUT2D eigenvalue weighted by Gasteiger charge is -2.32. The zero-order chi connectivity index (χ0) is 13.0. The van der Waals surface area contributed by atoms with Crippen LogP contribution >= 0.6 is 0 Å². The van der Waals surface area contributed by atoms with E-state index in [4.69, 9.17) is 10.9 Å². The fraction of sp³-hybridized carbons (Fsp3) is 0.833. The number of piperidine rings is 1. The number of nitrogens with one attached hydrogen (secondary N) is 1. The first-order valence-corrected chi connectivity index (χ1v) is 6.73. The van der Waals surface area contributed by atoms with Gasteiger partial charge in [0.1, 0.15) is 5.41 Å². The Kier molecular flexibility index (Phi) is 4.06. The van der Waals surface area contributed by atoms with Gasteiger partial charge in [-0.05, 0) is 25.7 Å². The minimum absolute atomic E-state index is 0.0505. The Morgan fingerprint density at radius 1 is 1.17 bits per heavy atom. The molecule has 0 aromatic heterocycles. The summed E-state index contributed by atoms with van der Waals surface area (Å²) in [6, 6.07) is 0. The van der Waals surface area contributed by atoms with E-state index in [1.165, 1.54) is 6.42 Å². The first kappa shape index (κ1) is 13.1. The Morgan fingerprint density at radius 2 is 1.78 bits per heavy atom. The average Bonchev–Trinajstić information content (AvgIpc) is 2.89. The van der Waals surface area contributed by atoms with E-state index in [2.05, 4.69) is 10.6 Å². The molecule has 1 aliphatic carbocycles. The van der Waals surface area contributed by atoms with Crippen LogP contribution in [-0.2, 0) is 4.79 Å². The molecular formula is C12H22N4O2. The van der Waals surface area contributed by atoms with Crippen LogP contribution in [0.25, 0.3) is 0 Å². The Bertz CT molecular complexity index is 331. The second-order valence-electron chi connectivity index (χ2n) is 5.26. The Hall–Kier alpha value is -1.30. The molecular weight excluding hydrogens is 232 g/mol. The van der Waals surface area contributed by atoms with Crippen molar-refractivity contribution in [2.75, 3.05) is 13.1 Å². The van der Waals surface area contributed by atoms with Gasteiger partial charge in [-0.15, -0.1) is 0 Å². The van der Waals surface area contributed by atoms with Crippen molar-refractivity contribution in [1.82, 2.24) is 10.4 Å².